The highest BCUT2D eigenvalue weighted by molar-refractivity contribution is 5.05. The average Bonchev–Trinajstić information content (AvgIpc) is 3.03. The standard InChI is InChI=1S/C15H22N4O/c1-12-13(2)20-15(17-12)11-18-8-4-3-6-14(18)10-19-9-5-7-16-19/h5,7,9,14H,3-4,6,8,10-11H2,1-2H3/t14-/m1/s1. The average molecular weight is 274 g/mol. The lowest BCUT2D eigenvalue weighted by Crippen LogP contribution is -2.41. The fourth-order valence-corrected chi connectivity index (χ4v) is 2.88. The van der Waals surface area contributed by atoms with Gasteiger partial charge in [0.15, 0.2) is 0 Å². The van der Waals surface area contributed by atoms with E-state index in [4.69, 9.17) is 4.42 Å². The van der Waals surface area contributed by atoms with Crippen molar-refractivity contribution in [3.63, 3.8) is 0 Å². The highest BCUT2D eigenvalue weighted by atomic mass is 16.4. The van der Waals surface area contributed by atoms with Gasteiger partial charge in [0.1, 0.15) is 5.76 Å². The van der Waals surface area contributed by atoms with Crippen LogP contribution in [0.2, 0.25) is 0 Å². The van der Waals surface area contributed by atoms with Crippen LogP contribution in [-0.4, -0.2) is 32.3 Å². The first kappa shape index (κ1) is 13.4. The van der Waals surface area contributed by atoms with E-state index in [0.29, 0.717) is 6.04 Å². The molecule has 0 aliphatic carbocycles. The summed E-state index contributed by atoms with van der Waals surface area (Å²) in [6.07, 6.45) is 7.65. The number of aromatic nitrogens is 3. The Balaban J connectivity index is 1.68. The second kappa shape index (κ2) is 5.79. The molecule has 0 N–H and O–H groups in total. The Bertz CT molecular complexity index is 527. The second-order valence-corrected chi connectivity index (χ2v) is 5.60. The van der Waals surface area contributed by atoms with Gasteiger partial charge in [0.05, 0.1) is 18.8 Å². The van der Waals surface area contributed by atoms with Crippen molar-refractivity contribution < 1.29 is 4.42 Å². The summed E-state index contributed by atoms with van der Waals surface area (Å²) in [5.41, 5.74) is 1.00. The third-order valence-electron chi connectivity index (χ3n) is 4.12. The van der Waals surface area contributed by atoms with Gasteiger partial charge in [-0.1, -0.05) is 6.42 Å². The van der Waals surface area contributed by atoms with Crippen LogP contribution in [0.4, 0.5) is 0 Å². The number of piperidine rings is 1. The van der Waals surface area contributed by atoms with E-state index in [9.17, 15) is 0 Å². The molecule has 0 spiro atoms. The zero-order valence-electron chi connectivity index (χ0n) is 12.2. The van der Waals surface area contributed by atoms with Crippen LogP contribution in [0.25, 0.3) is 0 Å². The SMILES string of the molecule is Cc1nc(CN2CCCC[C@@H]2Cn2cccn2)oc1C. The molecule has 1 aliphatic heterocycles. The smallest absolute Gasteiger partial charge is 0.208 e. The first-order valence-electron chi connectivity index (χ1n) is 7.37. The summed E-state index contributed by atoms with van der Waals surface area (Å²) in [5.74, 6) is 1.77. The van der Waals surface area contributed by atoms with Gasteiger partial charge in [-0.2, -0.15) is 5.10 Å². The monoisotopic (exact) mass is 274 g/mol. The summed E-state index contributed by atoms with van der Waals surface area (Å²) in [7, 11) is 0. The number of nitrogens with zero attached hydrogens (tertiary/aromatic N) is 4. The largest absolute Gasteiger partial charge is 0.444 e. The van der Waals surface area contributed by atoms with Gasteiger partial charge in [-0.15, -0.1) is 0 Å². The maximum absolute atomic E-state index is 5.73. The Labute approximate surface area is 119 Å². The lowest BCUT2D eigenvalue weighted by molar-refractivity contribution is 0.111. The van der Waals surface area contributed by atoms with E-state index in [0.717, 1.165) is 37.0 Å². The summed E-state index contributed by atoms with van der Waals surface area (Å²) in [4.78, 5) is 6.99. The Morgan fingerprint density at radius 2 is 2.25 bits per heavy atom. The van der Waals surface area contributed by atoms with Crippen molar-refractivity contribution in [3.05, 3.63) is 35.8 Å². The molecular weight excluding hydrogens is 252 g/mol. The highest BCUT2D eigenvalue weighted by Crippen LogP contribution is 2.21. The summed E-state index contributed by atoms with van der Waals surface area (Å²) >= 11 is 0. The molecule has 0 bridgehead atoms. The molecule has 1 fully saturated rings. The van der Waals surface area contributed by atoms with E-state index in [1.54, 1.807) is 0 Å². The molecule has 2 aromatic heterocycles. The van der Waals surface area contributed by atoms with Gasteiger partial charge in [-0.05, 0) is 39.3 Å². The Hall–Kier alpha value is -1.62. The fourth-order valence-electron chi connectivity index (χ4n) is 2.88. The van der Waals surface area contributed by atoms with Gasteiger partial charge < -0.3 is 4.42 Å². The quantitative estimate of drug-likeness (QED) is 0.859. The molecule has 108 valence electrons. The van der Waals surface area contributed by atoms with Gasteiger partial charge in [0.25, 0.3) is 0 Å². The molecule has 0 amide bonds. The number of likely N-dealkylation sites (tertiary alicyclic amines) is 1. The molecule has 5 nitrogen and oxygen atoms in total. The van der Waals surface area contributed by atoms with Crippen LogP contribution in [0.15, 0.2) is 22.9 Å². The maximum Gasteiger partial charge on any atom is 0.208 e. The molecular formula is C15H22N4O. The summed E-state index contributed by atoms with van der Waals surface area (Å²) in [6.45, 7) is 6.85. The van der Waals surface area contributed by atoms with Crippen LogP contribution in [0.5, 0.6) is 0 Å². The molecule has 0 radical (unpaired) electrons. The molecule has 2 aromatic rings. The maximum atomic E-state index is 5.73. The molecule has 1 atom stereocenters. The molecule has 20 heavy (non-hydrogen) atoms. The molecule has 0 unspecified atom stereocenters. The zero-order valence-corrected chi connectivity index (χ0v) is 12.2. The molecule has 0 aromatic carbocycles. The van der Waals surface area contributed by atoms with Crippen molar-refractivity contribution in [1.29, 1.82) is 0 Å². The van der Waals surface area contributed by atoms with Crippen molar-refractivity contribution in [2.24, 2.45) is 0 Å². The van der Waals surface area contributed by atoms with E-state index in [-0.39, 0.29) is 0 Å². The van der Waals surface area contributed by atoms with E-state index < -0.39 is 0 Å². The van der Waals surface area contributed by atoms with Crippen LogP contribution >= 0.6 is 0 Å². The van der Waals surface area contributed by atoms with Crippen LogP contribution in [-0.2, 0) is 13.1 Å². The first-order valence-corrected chi connectivity index (χ1v) is 7.37. The molecule has 0 saturated carbocycles. The topological polar surface area (TPSA) is 47.1 Å². The molecule has 1 saturated heterocycles. The molecule has 3 rings (SSSR count). The minimum Gasteiger partial charge on any atom is -0.444 e. The number of oxazole rings is 1. The number of hydrogen-bond donors (Lipinski definition) is 0. The lowest BCUT2D eigenvalue weighted by Gasteiger charge is -2.34. The number of rotatable bonds is 4. The Morgan fingerprint density at radius 3 is 2.95 bits per heavy atom. The molecule has 5 heteroatoms. The minimum absolute atomic E-state index is 0.524. The van der Waals surface area contributed by atoms with E-state index in [2.05, 4.69) is 15.0 Å². The second-order valence-electron chi connectivity index (χ2n) is 5.60. The van der Waals surface area contributed by atoms with Crippen LogP contribution in [0.3, 0.4) is 0 Å². The molecule has 1 aliphatic rings. The number of aryl methyl sites for hydroxylation is 2. The lowest BCUT2D eigenvalue weighted by atomic mass is 10.0. The predicted molar refractivity (Wildman–Crippen MR) is 76.3 cm³/mol. The third kappa shape index (κ3) is 2.93. The van der Waals surface area contributed by atoms with Gasteiger partial charge in [-0.25, -0.2) is 4.98 Å². The van der Waals surface area contributed by atoms with Crippen LogP contribution in [0, 0.1) is 13.8 Å². The van der Waals surface area contributed by atoms with Gasteiger partial charge in [0.2, 0.25) is 5.89 Å². The van der Waals surface area contributed by atoms with E-state index in [1.165, 1.54) is 19.3 Å². The Kier molecular flexibility index (Phi) is 3.87. The summed E-state index contributed by atoms with van der Waals surface area (Å²) < 4.78 is 7.75. The van der Waals surface area contributed by atoms with Crippen LogP contribution < -0.4 is 0 Å². The van der Waals surface area contributed by atoms with Crippen molar-refractivity contribution in [2.45, 2.75) is 52.2 Å². The van der Waals surface area contributed by atoms with Crippen molar-refractivity contribution in [2.75, 3.05) is 6.54 Å². The van der Waals surface area contributed by atoms with Gasteiger partial charge in [0, 0.05) is 18.4 Å². The van der Waals surface area contributed by atoms with Gasteiger partial charge >= 0.3 is 0 Å². The van der Waals surface area contributed by atoms with E-state index >= 15 is 0 Å². The fraction of sp³-hybridized carbons (Fsp3) is 0.600. The first-order chi connectivity index (χ1) is 9.72. The predicted octanol–water partition coefficient (Wildman–Crippen LogP) is 2.54. The van der Waals surface area contributed by atoms with Crippen molar-refractivity contribution in [1.82, 2.24) is 19.7 Å². The summed E-state index contributed by atoms with van der Waals surface area (Å²) in [5, 5.41) is 4.32. The molecule has 3 heterocycles. The van der Waals surface area contributed by atoms with E-state index in [1.807, 2.05) is 37.0 Å². The zero-order chi connectivity index (χ0) is 13.9. The van der Waals surface area contributed by atoms with Crippen molar-refractivity contribution in [3.8, 4) is 0 Å². The van der Waals surface area contributed by atoms with Gasteiger partial charge in [-0.3, -0.25) is 9.58 Å². The normalized spacial score (nSPS) is 20.4. The number of hydrogen-bond acceptors (Lipinski definition) is 4. The third-order valence-corrected chi connectivity index (χ3v) is 4.12. The van der Waals surface area contributed by atoms with Crippen molar-refractivity contribution >= 4 is 0 Å². The minimum atomic E-state index is 0.524. The summed E-state index contributed by atoms with van der Waals surface area (Å²) in [6, 6.07) is 2.50. The highest BCUT2D eigenvalue weighted by Gasteiger charge is 2.24. The Morgan fingerprint density at radius 1 is 1.35 bits per heavy atom. The van der Waals surface area contributed by atoms with Crippen LogP contribution in [0.1, 0.15) is 36.6 Å².